The highest BCUT2D eigenvalue weighted by atomic mass is 19.1. The van der Waals surface area contributed by atoms with Gasteiger partial charge in [-0.15, -0.1) is 5.10 Å². The van der Waals surface area contributed by atoms with Crippen LogP contribution in [0.15, 0.2) is 53.0 Å². The number of anilines is 2. The van der Waals surface area contributed by atoms with Crippen LogP contribution in [0.2, 0.25) is 0 Å². The number of hydrogen-bond acceptors (Lipinski definition) is 8. The van der Waals surface area contributed by atoms with Crippen LogP contribution in [-0.4, -0.2) is 68.2 Å². The zero-order chi connectivity index (χ0) is 26.1. The molecule has 4 aromatic rings. The summed E-state index contributed by atoms with van der Waals surface area (Å²) in [5, 5.41) is 10.5. The van der Waals surface area contributed by atoms with Gasteiger partial charge >= 0.3 is 0 Å². The lowest BCUT2D eigenvalue weighted by atomic mass is 10.0. The van der Waals surface area contributed by atoms with Crippen molar-refractivity contribution in [2.45, 2.75) is 25.3 Å². The number of aliphatic imine (C=N–C) groups is 2. The van der Waals surface area contributed by atoms with Crippen molar-refractivity contribution >= 4 is 35.7 Å². The molecule has 0 amide bonds. The summed E-state index contributed by atoms with van der Waals surface area (Å²) in [4.78, 5) is 24.5. The second-order valence-corrected chi connectivity index (χ2v) is 9.32. The minimum absolute atomic E-state index is 0.0780. The van der Waals surface area contributed by atoms with Crippen molar-refractivity contribution in [3.63, 3.8) is 0 Å². The Kier molecular flexibility index (Phi) is 6.46. The Morgan fingerprint density at radius 2 is 2.03 bits per heavy atom. The highest BCUT2D eigenvalue weighted by Gasteiger charge is 2.31. The fraction of sp³-hybridized carbons (Fsp3) is 0.308. The van der Waals surface area contributed by atoms with E-state index >= 15 is 0 Å². The van der Waals surface area contributed by atoms with Gasteiger partial charge in [0.05, 0.1) is 24.6 Å². The Labute approximate surface area is 217 Å². The molecule has 194 valence electrons. The Morgan fingerprint density at radius 3 is 2.82 bits per heavy atom. The van der Waals surface area contributed by atoms with Gasteiger partial charge < -0.3 is 15.5 Å². The van der Waals surface area contributed by atoms with Gasteiger partial charge in [0.2, 0.25) is 5.95 Å². The van der Waals surface area contributed by atoms with Crippen LogP contribution in [-0.2, 0) is 6.54 Å². The number of halogens is 2. The van der Waals surface area contributed by atoms with Crippen molar-refractivity contribution in [3.8, 4) is 0 Å². The Bertz CT molecular complexity index is 1520. The molecule has 38 heavy (non-hydrogen) atoms. The average molecular weight is 517 g/mol. The van der Waals surface area contributed by atoms with E-state index in [1.54, 1.807) is 12.4 Å². The molecule has 2 aliphatic rings. The van der Waals surface area contributed by atoms with E-state index in [9.17, 15) is 8.78 Å². The van der Waals surface area contributed by atoms with Crippen LogP contribution in [0.3, 0.4) is 0 Å². The van der Waals surface area contributed by atoms with Crippen molar-refractivity contribution in [2.75, 3.05) is 31.5 Å². The SMILES string of the molecule is C=Nc1cncc(C2CC2)c1/C(=N\Cc1ccnc(Nc2nc3c(F)cc(F)cn3n2)c1)N1CCNCC1. The monoisotopic (exact) mass is 516 g/mol. The van der Waals surface area contributed by atoms with E-state index in [4.69, 9.17) is 4.99 Å². The summed E-state index contributed by atoms with van der Waals surface area (Å²) >= 11 is 0. The molecule has 0 radical (unpaired) electrons. The number of fused-ring (bicyclic) bond motifs is 1. The van der Waals surface area contributed by atoms with Gasteiger partial charge in [0.1, 0.15) is 17.5 Å². The molecule has 1 saturated carbocycles. The normalized spacial score (nSPS) is 16.2. The molecular formula is C26H26F2N10. The minimum atomic E-state index is -0.794. The highest BCUT2D eigenvalue weighted by Crippen LogP contribution is 2.43. The summed E-state index contributed by atoms with van der Waals surface area (Å²) in [6, 6.07) is 4.49. The van der Waals surface area contributed by atoms with Gasteiger partial charge in [-0.1, -0.05) is 0 Å². The molecular weight excluding hydrogens is 490 g/mol. The maximum absolute atomic E-state index is 14.0. The van der Waals surface area contributed by atoms with E-state index in [0.717, 1.165) is 78.4 Å². The standard InChI is InChI=1S/C26H26F2N10/c1-29-21-14-31-13-19(17-2-3-17)23(21)25(37-8-6-30-7-9-37)33-12-16-4-5-32-22(10-16)34-26-35-24-20(28)11-18(27)15-38(24)36-26/h4-5,10-11,13-15,17,30H,1-3,6-9,12H2,(H,32,34,36)/b33-25+. The van der Waals surface area contributed by atoms with Gasteiger partial charge in [0, 0.05) is 50.2 Å². The van der Waals surface area contributed by atoms with E-state index in [1.807, 2.05) is 18.3 Å². The smallest absolute Gasteiger partial charge is 0.248 e. The third kappa shape index (κ3) is 4.94. The second kappa shape index (κ2) is 10.2. The molecule has 2 fully saturated rings. The molecule has 1 saturated heterocycles. The van der Waals surface area contributed by atoms with Crippen LogP contribution in [0.5, 0.6) is 0 Å². The minimum Gasteiger partial charge on any atom is -0.354 e. The molecule has 5 heterocycles. The van der Waals surface area contributed by atoms with Crippen LogP contribution in [0, 0.1) is 11.6 Å². The van der Waals surface area contributed by atoms with Gasteiger partial charge in [0.25, 0.3) is 0 Å². The number of amidine groups is 1. The number of hydrogen-bond donors (Lipinski definition) is 2. The molecule has 6 rings (SSSR count). The van der Waals surface area contributed by atoms with Crippen LogP contribution in [0.4, 0.5) is 26.2 Å². The van der Waals surface area contributed by atoms with Crippen LogP contribution in [0.25, 0.3) is 5.65 Å². The zero-order valence-electron chi connectivity index (χ0n) is 20.6. The highest BCUT2D eigenvalue weighted by molar-refractivity contribution is 6.04. The zero-order valence-corrected chi connectivity index (χ0v) is 20.6. The lowest BCUT2D eigenvalue weighted by Crippen LogP contribution is -2.47. The van der Waals surface area contributed by atoms with Gasteiger partial charge in [-0.3, -0.25) is 15.0 Å². The molecule has 0 spiro atoms. The van der Waals surface area contributed by atoms with Crippen LogP contribution in [0.1, 0.15) is 35.4 Å². The van der Waals surface area contributed by atoms with Gasteiger partial charge in [-0.25, -0.2) is 18.3 Å². The third-order valence-corrected chi connectivity index (χ3v) is 6.61. The number of aromatic nitrogens is 5. The first kappa shape index (κ1) is 24.0. The van der Waals surface area contributed by atoms with Gasteiger partial charge in [-0.2, -0.15) is 4.98 Å². The molecule has 12 heteroatoms. The second-order valence-electron chi connectivity index (χ2n) is 9.32. The first-order valence-electron chi connectivity index (χ1n) is 12.5. The van der Waals surface area contributed by atoms with Crippen LogP contribution >= 0.6 is 0 Å². The van der Waals surface area contributed by atoms with E-state index < -0.39 is 11.6 Å². The first-order valence-corrected chi connectivity index (χ1v) is 12.5. The molecule has 0 aromatic carbocycles. The number of pyridine rings is 3. The number of nitrogens with zero attached hydrogens (tertiary/aromatic N) is 8. The molecule has 1 aliphatic heterocycles. The molecule has 4 aromatic heterocycles. The van der Waals surface area contributed by atoms with E-state index in [2.05, 4.69) is 47.3 Å². The summed E-state index contributed by atoms with van der Waals surface area (Å²) in [5.74, 6) is 0.408. The summed E-state index contributed by atoms with van der Waals surface area (Å²) < 4.78 is 28.6. The van der Waals surface area contributed by atoms with E-state index in [0.29, 0.717) is 18.3 Å². The molecule has 1 aliphatic carbocycles. The van der Waals surface area contributed by atoms with Crippen molar-refractivity contribution in [2.24, 2.45) is 9.98 Å². The third-order valence-electron chi connectivity index (χ3n) is 6.61. The van der Waals surface area contributed by atoms with Crippen molar-refractivity contribution in [1.82, 2.24) is 34.8 Å². The summed E-state index contributed by atoms with van der Waals surface area (Å²) in [6.45, 7) is 7.61. The predicted molar refractivity (Wildman–Crippen MR) is 141 cm³/mol. The van der Waals surface area contributed by atoms with Gasteiger partial charge in [0.15, 0.2) is 11.5 Å². The fourth-order valence-electron chi connectivity index (χ4n) is 4.64. The first-order chi connectivity index (χ1) is 18.6. The van der Waals surface area contributed by atoms with E-state index in [-0.39, 0.29) is 11.6 Å². The Hall–Kier alpha value is -4.32. The number of piperazine rings is 1. The maximum Gasteiger partial charge on any atom is 0.248 e. The number of rotatable bonds is 7. The molecule has 10 nitrogen and oxygen atoms in total. The summed E-state index contributed by atoms with van der Waals surface area (Å²) in [5.41, 5.74) is 3.75. The topological polar surface area (TPSA) is 108 Å². The van der Waals surface area contributed by atoms with Crippen molar-refractivity contribution in [1.29, 1.82) is 0 Å². The quantitative estimate of drug-likeness (QED) is 0.285. The lowest BCUT2D eigenvalue weighted by molar-refractivity contribution is 0.357. The van der Waals surface area contributed by atoms with Crippen molar-refractivity contribution in [3.05, 3.63) is 71.3 Å². The maximum atomic E-state index is 14.0. The van der Waals surface area contributed by atoms with Gasteiger partial charge in [-0.05, 0) is 48.7 Å². The van der Waals surface area contributed by atoms with Crippen molar-refractivity contribution < 1.29 is 8.78 Å². The lowest BCUT2D eigenvalue weighted by Gasteiger charge is -2.32. The Morgan fingerprint density at radius 1 is 1.18 bits per heavy atom. The largest absolute Gasteiger partial charge is 0.354 e. The molecule has 0 unspecified atom stereocenters. The van der Waals surface area contributed by atoms with E-state index in [1.165, 1.54) is 5.56 Å². The summed E-state index contributed by atoms with van der Waals surface area (Å²) in [6.07, 6.45) is 8.68. The average Bonchev–Trinajstić information content (AvgIpc) is 3.70. The molecule has 0 atom stereocenters. The molecule has 2 N–H and O–H groups in total. The van der Waals surface area contributed by atoms with Crippen LogP contribution < -0.4 is 10.6 Å². The predicted octanol–water partition coefficient (Wildman–Crippen LogP) is 3.60. The Balaban J connectivity index is 1.30. The fourth-order valence-corrected chi connectivity index (χ4v) is 4.64. The summed E-state index contributed by atoms with van der Waals surface area (Å²) in [7, 11) is 0. The number of nitrogens with one attached hydrogen (secondary N) is 2. The molecule has 0 bridgehead atoms.